The van der Waals surface area contributed by atoms with Crippen molar-refractivity contribution in [2.24, 2.45) is 0 Å². The highest BCUT2D eigenvalue weighted by Gasteiger charge is 2.07. The summed E-state index contributed by atoms with van der Waals surface area (Å²) >= 11 is 0. The van der Waals surface area contributed by atoms with E-state index >= 15 is 0 Å². The summed E-state index contributed by atoms with van der Waals surface area (Å²) in [6, 6.07) is 4.44. The molecular weight excluding hydrogens is 195 g/mol. The summed E-state index contributed by atoms with van der Waals surface area (Å²) in [4.78, 5) is 0. The minimum absolute atomic E-state index is 0.224. The largest absolute Gasteiger partial charge is 0.491 e. The monoisotopic (exact) mass is 212 g/mol. The number of ether oxygens (including phenoxy) is 1. The average Bonchev–Trinajstić information content (AvgIpc) is 2.20. The van der Waals surface area contributed by atoms with Gasteiger partial charge in [-0.2, -0.15) is 0 Å². The first-order valence-corrected chi connectivity index (χ1v) is 5.25. The maximum atomic E-state index is 13.3. The van der Waals surface area contributed by atoms with Gasteiger partial charge in [0.05, 0.1) is 12.7 Å². The minimum Gasteiger partial charge on any atom is -0.491 e. The molecule has 0 aliphatic rings. The number of hydrogen-bond acceptors (Lipinski definition) is 2. The molecule has 2 nitrogen and oxygen atoms in total. The van der Waals surface area contributed by atoms with Gasteiger partial charge < -0.3 is 9.84 Å². The van der Waals surface area contributed by atoms with Gasteiger partial charge in [-0.3, -0.25) is 0 Å². The lowest BCUT2D eigenvalue weighted by molar-refractivity contribution is 0.198. The second-order valence-corrected chi connectivity index (χ2v) is 3.57. The molecule has 0 bridgehead atoms. The van der Waals surface area contributed by atoms with E-state index in [4.69, 9.17) is 4.74 Å². The van der Waals surface area contributed by atoms with Crippen LogP contribution in [0.25, 0.3) is 0 Å². The molecule has 1 rings (SSSR count). The molecule has 15 heavy (non-hydrogen) atoms. The van der Waals surface area contributed by atoms with E-state index in [0.717, 1.165) is 12.8 Å². The molecule has 0 saturated heterocycles. The Kier molecular flexibility index (Phi) is 4.56. The molecule has 0 amide bonds. The normalized spacial score (nSPS) is 12.5. The molecule has 1 N–H and O–H groups in total. The second-order valence-electron chi connectivity index (χ2n) is 3.57. The topological polar surface area (TPSA) is 29.5 Å². The van der Waals surface area contributed by atoms with E-state index in [-0.39, 0.29) is 11.6 Å². The molecule has 0 heterocycles. The maximum Gasteiger partial charge on any atom is 0.165 e. The van der Waals surface area contributed by atoms with Crippen LogP contribution in [-0.2, 0) is 0 Å². The minimum atomic E-state index is -0.598. The summed E-state index contributed by atoms with van der Waals surface area (Å²) < 4.78 is 18.5. The van der Waals surface area contributed by atoms with Gasteiger partial charge in [0, 0.05) is 0 Å². The Balaban J connectivity index is 2.72. The fourth-order valence-electron chi connectivity index (χ4n) is 1.22. The Bertz CT molecular complexity index is 310. The highest BCUT2D eigenvalue weighted by Crippen LogP contribution is 2.22. The van der Waals surface area contributed by atoms with E-state index in [9.17, 15) is 9.50 Å². The van der Waals surface area contributed by atoms with Crippen molar-refractivity contribution in [1.29, 1.82) is 0 Å². The van der Waals surface area contributed by atoms with Gasteiger partial charge in [0.1, 0.15) is 0 Å². The van der Waals surface area contributed by atoms with Gasteiger partial charge in [-0.1, -0.05) is 19.4 Å². The quantitative estimate of drug-likeness (QED) is 0.760. The van der Waals surface area contributed by atoms with Crippen molar-refractivity contribution in [1.82, 2.24) is 0 Å². The molecule has 0 unspecified atom stereocenters. The molecule has 3 heteroatoms. The van der Waals surface area contributed by atoms with Crippen LogP contribution in [0.4, 0.5) is 4.39 Å². The summed E-state index contributed by atoms with van der Waals surface area (Å²) in [6.45, 7) is 4.20. The molecule has 84 valence electrons. The van der Waals surface area contributed by atoms with Crippen molar-refractivity contribution in [3.05, 3.63) is 29.6 Å². The zero-order valence-electron chi connectivity index (χ0n) is 9.16. The molecule has 0 spiro atoms. The van der Waals surface area contributed by atoms with Crippen LogP contribution in [0.3, 0.4) is 0 Å². The molecular formula is C12H17FO2. The molecule has 0 radical (unpaired) electrons. The number of unbranched alkanes of at least 4 members (excludes halogenated alkanes) is 1. The van der Waals surface area contributed by atoms with Crippen molar-refractivity contribution >= 4 is 0 Å². The van der Waals surface area contributed by atoms with Gasteiger partial charge in [-0.05, 0) is 31.0 Å². The lowest BCUT2D eigenvalue weighted by Crippen LogP contribution is -2.00. The highest BCUT2D eigenvalue weighted by molar-refractivity contribution is 5.31. The summed E-state index contributed by atoms with van der Waals surface area (Å²) in [5.74, 6) is -0.155. The summed E-state index contributed by atoms with van der Waals surface area (Å²) in [5.41, 5.74) is 0.669. The van der Waals surface area contributed by atoms with Crippen molar-refractivity contribution in [2.45, 2.75) is 32.8 Å². The Morgan fingerprint density at radius 2 is 2.20 bits per heavy atom. The van der Waals surface area contributed by atoms with Gasteiger partial charge in [-0.15, -0.1) is 0 Å². The van der Waals surface area contributed by atoms with Crippen LogP contribution < -0.4 is 4.74 Å². The van der Waals surface area contributed by atoms with Gasteiger partial charge in [-0.25, -0.2) is 4.39 Å². The Morgan fingerprint density at radius 1 is 1.47 bits per heavy atom. The predicted molar refractivity (Wildman–Crippen MR) is 57.4 cm³/mol. The second kappa shape index (κ2) is 5.71. The SMILES string of the molecule is CCCCOc1cc([C@@H](C)O)ccc1F. The number of benzene rings is 1. The van der Waals surface area contributed by atoms with Crippen LogP contribution in [0, 0.1) is 5.82 Å². The van der Waals surface area contributed by atoms with E-state index in [2.05, 4.69) is 0 Å². The Hall–Kier alpha value is -1.09. The standard InChI is InChI=1S/C12H17FO2/c1-3-4-7-15-12-8-10(9(2)14)5-6-11(12)13/h5-6,8-9,14H,3-4,7H2,1-2H3/t9-/m1/s1. The molecule has 0 saturated carbocycles. The van der Waals surface area contributed by atoms with E-state index in [1.807, 2.05) is 6.92 Å². The van der Waals surface area contributed by atoms with Crippen LogP contribution in [0.1, 0.15) is 38.4 Å². The zero-order valence-corrected chi connectivity index (χ0v) is 9.16. The van der Waals surface area contributed by atoms with Crippen molar-refractivity contribution in [2.75, 3.05) is 6.61 Å². The van der Waals surface area contributed by atoms with Gasteiger partial charge >= 0.3 is 0 Å². The van der Waals surface area contributed by atoms with E-state index < -0.39 is 6.10 Å². The number of aliphatic hydroxyl groups is 1. The smallest absolute Gasteiger partial charge is 0.165 e. The van der Waals surface area contributed by atoms with Gasteiger partial charge in [0.25, 0.3) is 0 Å². The molecule has 0 aliphatic heterocycles. The summed E-state index contributed by atoms with van der Waals surface area (Å²) in [5, 5.41) is 9.33. The molecule has 0 aliphatic carbocycles. The molecule has 1 aromatic carbocycles. The Morgan fingerprint density at radius 3 is 2.80 bits per heavy atom. The van der Waals surface area contributed by atoms with Crippen LogP contribution in [-0.4, -0.2) is 11.7 Å². The molecule has 1 atom stereocenters. The Labute approximate surface area is 89.7 Å². The van der Waals surface area contributed by atoms with E-state index in [1.165, 1.54) is 6.07 Å². The average molecular weight is 212 g/mol. The van der Waals surface area contributed by atoms with Crippen molar-refractivity contribution in [3.63, 3.8) is 0 Å². The zero-order chi connectivity index (χ0) is 11.3. The third kappa shape index (κ3) is 3.51. The fraction of sp³-hybridized carbons (Fsp3) is 0.500. The van der Waals surface area contributed by atoms with Crippen LogP contribution >= 0.6 is 0 Å². The fourth-order valence-corrected chi connectivity index (χ4v) is 1.22. The first-order chi connectivity index (χ1) is 7.15. The van der Waals surface area contributed by atoms with E-state index in [1.54, 1.807) is 19.1 Å². The lowest BCUT2D eigenvalue weighted by Gasteiger charge is -2.10. The third-order valence-electron chi connectivity index (χ3n) is 2.19. The number of halogens is 1. The highest BCUT2D eigenvalue weighted by atomic mass is 19.1. The molecule has 0 fully saturated rings. The number of hydrogen-bond donors (Lipinski definition) is 1. The predicted octanol–water partition coefficient (Wildman–Crippen LogP) is 3.06. The van der Waals surface area contributed by atoms with Crippen LogP contribution in [0.5, 0.6) is 5.75 Å². The third-order valence-corrected chi connectivity index (χ3v) is 2.19. The summed E-state index contributed by atoms with van der Waals surface area (Å²) in [7, 11) is 0. The first kappa shape index (κ1) is 12.0. The first-order valence-electron chi connectivity index (χ1n) is 5.25. The number of rotatable bonds is 5. The molecule has 1 aromatic rings. The van der Waals surface area contributed by atoms with Crippen LogP contribution in [0.2, 0.25) is 0 Å². The van der Waals surface area contributed by atoms with E-state index in [0.29, 0.717) is 12.2 Å². The van der Waals surface area contributed by atoms with Crippen molar-refractivity contribution in [3.8, 4) is 5.75 Å². The summed E-state index contributed by atoms with van der Waals surface area (Å²) in [6.07, 6.45) is 1.31. The lowest BCUT2D eigenvalue weighted by atomic mass is 10.1. The molecule has 0 aromatic heterocycles. The maximum absolute atomic E-state index is 13.3. The van der Waals surface area contributed by atoms with Gasteiger partial charge in [0.2, 0.25) is 0 Å². The van der Waals surface area contributed by atoms with Gasteiger partial charge in [0.15, 0.2) is 11.6 Å². The number of aliphatic hydroxyl groups excluding tert-OH is 1. The van der Waals surface area contributed by atoms with Crippen molar-refractivity contribution < 1.29 is 14.2 Å². The van der Waals surface area contributed by atoms with Crippen LogP contribution in [0.15, 0.2) is 18.2 Å².